The smallest absolute Gasteiger partial charge is 0.238 e. The minimum atomic E-state index is -0.207. The zero-order valence-electron chi connectivity index (χ0n) is 11.8. The van der Waals surface area contributed by atoms with E-state index >= 15 is 0 Å². The summed E-state index contributed by atoms with van der Waals surface area (Å²) in [5, 5.41) is 9.88. The maximum absolute atomic E-state index is 12.7. The van der Waals surface area contributed by atoms with Gasteiger partial charge in [-0.2, -0.15) is 5.26 Å². The summed E-state index contributed by atoms with van der Waals surface area (Å²) in [5.74, 6) is -0.231. The van der Waals surface area contributed by atoms with E-state index in [2.05, 4.69) is 18.2 Å². The Bertz CT molecular complexity index is 725. The molecule has 21 heavy (non-hydrogen) atoms. The number of nitriles is 1. The van der Waals surface area contributed by atoms with Crippen LogP contribution in [0.3, 0.4) is 0 Å². The lowest BCUT2D eigenvalue weighted by Gasteiger charge is -2.15. The van der Waals surface area contributed by atoms with Gasteiger partial charge < -0.3 is 0 Å². The summed E-state index contributed by atoms with van der Waals surface area (Å²) in [5.41, 5.74) is 1.34. The Labute approximate surface area is 126 Å². The van der Waals surface area contributed by atoms with Crippen molar-refractivity contribution in [3.63, 3.8) is 0 Å². The van der Waals surface area contributed by atoms with Gasteiger partial charge in [-0.25, -0.2) is 4.90 Å². The van der Waals surface area contributed by atoms with E-state index in [1.807, 2.05) is 13.8 Å². The zero-order valence-corrected chi connectivity index (χ0v) is 12.6. The Hall–Kier alpha value is -1.93. The quantitative estimate of drug-likeness (QED) is 0.591. The number of anilines is 1. The molecule has 4 atom stereocenters. The van der Waals surface area contributed by atoms with E-state index < -0.39 is 0 Å². The molecule has 1 aliphatic heterocycles. The van der Waals surface area contributed by atoms with Gasteiger partial charge in [0.05, 0.1) is 17.4 Å². The van der Waals surface area contributed by atoms with Gasteiger partial charge >= 0.3 is 0 Å². The molecule has 2 unspecified atom stereocenters. The number of fused-ring (bicyclic) bond motifs is 5. The van der Waals surface area contributed by atoms with Gasteiger partial charge in [-0.3, -0.25) is 9.59 Å². The van der Waals surface area contributed by atoms with Crippen LogP contribution in [-0.4, -0.2) is 11.8 Å². The fourth-order valence-corrected chi connectivity index (χ4v) is 5.12. The van der Waals surface area contributed by atoms with Crippen LogP contribution >= 0.6 is 11.3 Å². The van der Waals surface area contributed by atoms with Crippen molar-refractivity contribution in [2.24, 2.45) is 23.7 Å². The number of nitrogens with zero attached hydrogens (tertiary/aromatic N) is 2. The molecule has 1 saturated heterocycles. The fraction of sp³-hybridized carbons (Fsp3) is 0.438. The molecule has 3 aliphatic rings. The Morgan fingerprint density at radius 2 is 1.76 bits per heavy atom. The van der Waals surface area contributed by atoms with Crippen LogP contribution in [-0.2, 0) is 9.59 Å². The Morgan fingerprint density at radius 3 is 2.29 bits per heavy atom. The maximum atomic E-state index is 12.7. The third kappa shape index (κ3) is 1.43. The fourth-order valence-electron chi connectivity index (χ4n) is 4.00. The molecular weight excluding hydrogens is 284 g/mol. The van der Waals surface area contributed by atoms with Crippen LogP contribution in [0.5, 0.6) is 0 Å². The predicted molar refractivity (Wildman–Crippen MR) is 78.7 cm³/mol. The van der Waals surface area contributed by atoms with E-state index in [1.54, 1.807) is 0 Å². The Balaban J connectivity index is 1.82. The van der Waals surface area contributed by atoms with Gasteiger partial charge in [0.15, 0.2) is 0 Å². The van der Waals surface area contributed by atoms with E-state index in [9.17, 15) is 14.9 Å². The van der Waals surface area contributed by atoms with Gasteiger partial charge in [0.2, 0.25) is 11.8 Å². The average molecular weight is 298 g/mol. The molecule has 1 aromatic rings. The van der Waals surface area contributed by atoms with E-state index in [0.717, 1.165) is 16.9 Å². The second-order valence-corrected chi connectivity index (χ2v) is 7.29. The number of aryl methyl sites for hydroxylation is 1. The summed E-state index contributed by atoms with van der Waals surface area (Å²) in [7, 11) is 0. The SMILES string of the molecule is Cc1sc(N2C(=O)C3C(C2=O)[C@H]2C=C[C@@H]3C2)c(C#N)c1C. The highest BCUT2D eigenvalue weighted by atomic mass is 32.1. The molecule has 0 aromatic carbocycles. The molecule has 2 amide bonds. The number of carbonyl (C=O) groups excluding carboxylic acids is 2. The zero-order chi connectivity index (χ0) is 14.9. The molecule has 0 radical (unpaired) electrons. The van der Waals surface area contributed by atoms with Crippen LogP contribution in [0.25, 0.3) is 0 Å². The topological polar surface area (TPSA) is 61.2 Å². The Kier molecular flexibility index (Phi) is 2.46. The maximum Gasteiger partial charge on any atom is 0.238 e. The van der Waals surface area contributed by atoms with Crippen molar-refractivity contribution >= 4 is 28.2 Å². The number of thiophene rings is 1. The molecule has 1 saturated carbocycles. The third-order valence-corrected chi connectivity index (χ3v) is 6.34. The molecule has 2 bridgehead atoms. The van der Waals surface area contributed by atoms with Crippen molar-refractivity contribution in [3.8, 4) is 6.07 Å². The molecule has 2 fully saturated rings. The van der Waals surface area contributed by atoms with Crippen molar-refractivity contribution < 1.29 is 9.59 Å². The van der Waals surface area contributed by atoms with Crippen LogP contribution in [0.1, 0.15) is 22.4 Å². The number of amides is 2. The number of hydrogen-bond donors (Lipinski definition) is 0. The van der Waals surface area contributed by atoms with Gasteiger partial charge in [0, 0.05) is 4.88 Å². The molecule has 4 rings (SSSR count). The second-order valence-electron chi connectivity index (χ2n) is 6.09. The summed E-state index contributed by atoms with van der Waals surface area (Å²) in [6.45, 7) is 3.78. The second kappa shape index (κ2) is 4.05. The van der Waals surface area contributed by atoms with Crippen molar-refractivity contribution in [3.05, 3.63) is 28.2 Å². The molecular formula is C16H14N2O2S. The monoisotopic (exact) mass is 298 g/mol. The van der Waals surface area contributed by atoms with Crippen LogP contribution in [0.4, 0.5) is 5.00 Å². The minimum Gasteiger partial charge on any atom is -0.274 e. The molecule has 4 nitrogen and oxygen atoms in total. The lowest BCUT2D eigenvalue weighted by molar-refractivity contribution is -0.123. The van der Waals surface area contributed by atoms with Crippen molar-refractivity contribution in [1.29, 1.82) is 5.26 Å². The lowest BCUT2D eigenvalue weighted by atomic mass is 9.85. The standard InChI is InChI=1S/C16H14N2O2S/c1-7-8(2)21-16(11(7)6-17)18-14(19)12-9-3-4-10(5-9)13(12)15(18)20/h3-4,9-10,12-13H,5H2,1-2H3/t9-,10+,12?,13?. The molecule has 106 valence electrons. The Morgan fingerprint density at radius 1 is 1.19 bits per heavy atom. The van der Waals surface area contributed by atoms with Crippen LogP contribution < -0.4 is 4.90 Å². The normalized spacial score (nSPS) is 32.9. The molecule has 5 heteroatoms. The summed E-state index contributed by atoms with van der Waals surface area (Å²) in [6, 6.07) is 2.16. The van der Waals surface area contributed by atoms with Gasteiger partial charge in [-0.1, -0.05) is 12.2 Å². The van der Waals surface area contributed by atoms with Gasteiger partial charge in [0.25, 0.3) is 0 Å². The van der Waals surface area contributed by atoms with Gasteiger partial charge in [-0.15, -0.1) is 11.3 Å². The molecule has 0 spiro atoms. The first-order valence-electron chi connectivity index (χ1n) is 7.10. The van der Waals surface area contributed by atoms with E-state index in [0.29, 0.717) is 10.6 Å². The number of rotatable bonds is 1. The number of allylic oxidation sites excluding steroid dienone is 2. The first kappa shape index (κ1) is 12.8. The molecule has 1 aromatic heterocycles. The highest BCUT2D eigenvalue weighted by Gasteiger charge is 2.60. The van der Waals surface area contributed by atoms with Crippen LogP contribution in [0, 0.1) is 48.9 Å². The summed E-state index contributed by atoms with van der Waals surface area (Å²) < 4.78 is 0. The van der Waals surface area contributed by atoms with Gasteiger partial charge in [0.1, 0.15) is 11.1 Å². The molecule has 0 N–H and O–H groups in total. The van der Waals surface area contributed by atoms with Crippen LogP contribution in [0.15, 0.2) is 12.2 Å². The van der Waals surface area contributed by atoms with Gasteiger partial charge in [-0.05, 0) is 37.7 Å². The molecule has 2 aliphatic carbocycles. The van der Waals surface area contributed by atoms with Crippen molar-refractivity contribution in [2.45, 2.75) is 20.3 Å². The minimum absolute atomic E-state index is 0.111. The summed E-state index contributed by atoms with van der Waals surface area (Å²) in [4.78, 5) is 27.8. The third-order valence-electron chi connectivity index (χ3n) is 5.15. The van der Waals surface area contributed by atoms with Crippen molar-refractivity contribution in [2.75, 3.05) is 4.90 Å². The van der Waals surface area contributed by atoms with E-state index in [1.165, 1.54) is 16.2 Å². The number of imide groups is 1. The number of hydrogen-bond acceptors (Lipinski definition) is 4. The van der Waals surface area contributed by atoms with Crippen LogP contribution in [0.2, 0.25) is 0 Å². The molecule has 2 heterocycles. The lowest BCUT2D eigenvalue weighted by Crippen LogP contribution is -2.32. The predicted octanol–water partition coefficient (Wildman–Crippen LogP) is 2.55. The summed E-state index contributed by atoms with van der Waals surface area (Å²) in [6.07, 6.45) is 5.08. The first-order valence-corrected chi connectivity index (χ1v) is 7.92. The first-order chi connectivity index (χ1) is 10.0. The number of carbonyl (C=O) groups is 2. The highest BCUT2D eigenvalue weighted by molar-refractivity contribution is 7.17. The van der Waals surface area contributed by atoms with E-state index in [-0.39, 0.29) is 35.5 Å². The summed E-state index contributed by atoms with van der Waals surface area (Å²) >= 11 is 1.37. The van der Waals surface area contributed by atoms with E-state index in [4.69, 9.17) is 0 Å². The largest absolute Gasteiger partial charge is 0.274 e. The average Bonchev–Trinajstić information content (AvgIpc) is 3.17. The van der Waals surface area contributed by atoms with Crippen molar-refractivity contribution in [1.82, 2.24) is 0 Å². The highest BCUT2D eigenvalue weighted by Crippen LogP contribution is 2.54.